The number of furan rings is 1. The Hall–Kier alpha value is -3.42. The van der Waals surface area contributed by atoms with E-state index in [1.165, 1.54) is 24.5 Å². The van der Waals surface area contributed by atoms with Crippen LogP contribution in [-0.4, -0.2) is 24.0 Å². The molecule has 8 nitrogen and oxygen atoms in total. The molecule has 24 heavy (non-hydrogen) atoms. The predicted molar refractivity (Wildman–Crippen MR) is 79.9 cm³/mol. The Morgan fingerprint density at radius 3 is 2.71 bits per heavy atom. The summed E-state index contributed by atoms with van der Waals surface area (Å²) < 4.78 is 15.0. The van der Waals surface area contributed by atoms with Crippen LogP contribution in [0.15, 0.2) is 47.1 Å². The van der Waals surface area contributed by atoms with Crippen LogP contribution in [0.5, 0.6) is 0 Å². The highest BCUT2D eigenvalue weighted by atomic mass is 16.5. The van der Waals surface area contributed by atoms with Gasteiger partial charge in [0.05, 0.1) is 13.4 Å². The molecule has 0 amide bonds. The van der Waals surface area contributed by atoms with Gasteiger partial charge in [-0.15, -0.1) is 0 Å². The van der Waals surface area contributed by atoms with Crippen molar-refractivity contribution in [2.75, 3.05) is 7.11 Å². The van der Waals surface area contributed by atoms with Crippen molar-refractivity contribution in [1.82, 2.24) is 4.98 Å². The van der Waals surface area contributed by atoms with E-state index in [4.69, 9.17) is 9.15 Å². The van der Waals surface area contributed by atoms with Gasteiger partial charge in [-0.3, -0.25) is 0 Å². The van der Waals surface area contributed by atoms with Gasteiger partial charge in [0.25, 0.3) is 0 Å². The van der Waals surface area contributed by atoms with Crippen molar-refractivity contribution in [2.45, 2.75) is 6.61 Å². The number of para-hydroxylation sites is 2. The quantitative estimate of drug-likeness (QED) is 0.407. The first-order chi connectivity index (χ1) is 11.6. The molecule has 1 aromatic carbocycles. The minimum atomic E-state index is -0.868. The lowest BCUT2D eigenvalue weighted by Crippen LogP contribution is -2.38. The molecule has 0 fully saturated rings. The first kappa shape index (κ1) is 15.5. The number of benzene rings is 1. The third-order valence-corrected chi connectivity index (χ3v) is 3.27. The highest BCUT2D eigenvalue weighted by molar-refractivity contribution is 5.89. The zero-order valence-corrected chi connectivity index (χ0v) is 12.6. The molecular formula is C16H12N2O6. The number of aromatic nitrogens is 2. The fraction of sp³-hybridized carbons (Fsp3) is 0.125. The molecule has 122 valence electrons. The Morgan fingerprint density at radius 2 is 2.00 bits per heavy atom. The topological polar surface area (TPSA) is 106 Å². The van der Waals surface area contributed by atoms with Crippen LogP contribution in [0.1, 0.15) is 26.7 Å². The molecule has 0 aliphatic carbocycles. The van der Waals surface area contributed by atoms with Gasteiger partial charge in [-0.05, 0) is 18.2 Å². The summed E-state index contributed by atoms with van der Waals surface area (Å²) in [7, 11) is 1.15. The van der Waals surface area contributed by atoms with Crippen LogP contribution in [0.25, 0.3) is 11.0 Å². The SMILES string of the molecule is COC(=O)c1c(COC(=O)c2ccco2)nc2ccccc2[n+]1[O-]. The van der Waals surface area contributed by atoms with E-state index in [1.807, 2.05) is 0 Å². The minimum absolute atomic E-state index is 0.00421. The van der Waals surface area contributed by atoms with Crippen LogP contribution in [0.3, 0.4) is 0 Å². The second-order valence-electron chi connectivity index (χ2n) is 4.74. The number of fused-ring (bicyclic) bond motifs is 1. The van der Waals surface area contributed by atoms with E-state index in [0.29, 0.717) is 10.2 Å². The smallest absolute Gasteiger partial charge is 0.406 e. The Labute approximate surface area is 135 Å². The average Bonchev–Trinajstić information content (AvgIpc) is 3.14. The normalized spacial score (nSPS) is 10.5. The van der Waals surface area contributed by atoms with Crippen molar-refractivity contribution in [2.24, 2.45) is 0 Å². The second kappa shape index (κ2) is 6.37. The van der Waals surface area contributed by atoms with Crippen molar-refractivity contribution in [1.29, 1.82) is 0 Å². The predicted octanol–water partition coefficient (Wildman–Crippen LogP) is 1.60. The molecule has 0 aliphatic rings. The Morgan fingerprint density at radius 1 is 1.21 bits per heavy atom. The number of methoxy groups -OCH3 is 1. The van der Waals surface area contributed by atoms with E-state index in [9.17, 15) is 14.8 Å². The molecule has 0 saturated carbocycles. The van der Waals surface area contributed by atoms with Crippen LogP contribution in [0.2, 0.25) is 0 Å². The summed E-state index contributed by atoms with van der Waals surface area (Å²) in [6, 6.07) is 9.46. The summed E-state index contributed by atoms with van der Waals surface area (Å²) >= 11 is 0. The van der Waals surface area contributed by atoms with Gasteiger partial charge in [0, 0.05) is 6.07 Å². The Kier molecular flexibility index (Phi) is 4.11. The largest absolute Gasteiger partial charge is 0.618 e. The Balaban J connectivity index is 1.99. The van der Waals surface area contributed by atoms with Crippen molar-refractivity contribution < 1.29 is 28.2 Å². The molecule has 0 spiro atoms. The van der Waals surface area contributed by atoms with Gasteiger partial charge in [-0.25, -0.2) is 14.6 Å². The lowest BCUT2D eigenvalue weighted by Gasteiger charge is -2.10. The highest BCUT2D eigenvalue weighted by Crippen LogP contribution is 2.14. The number of nitrogens with zero attached hydrogens (tertiary/aromatic N) is 2. The van der Waals surface area contributed by atoms with E-state index in [1.54, 1.807) is 18.2 Å². The van der Waals surface area contributed by atoms with Gasteiger partial charge in [-0.1, -0.05) is 12.1 Å². The second-order valence-corrected chi connectivity index (χ2v) is 4.74. The van der Waals surface area contributed by atoms with E-state index in [0.717, 1.165) is 7.11 Å². The minimum Gasteiger partial charge on any atom is -0.618 e. The van der Waals surface area contributed by atoms with Gasteiger partial charge in [0.15, 0.2) is 5.69 Å². The molecule has 0 unspecified atom stereocenters. The number of carbonyl (C=O) groups is 2. The summed E-state index contributed by atoms with van der Waals surface area (Å²) in [4.78, 5) is 28.0. The summed E-state index contributed by atoms with van der Waals surface area (Å²) in [5.74, 6) is -1.60. The van der Waals surface area contributed by atoms with Crippen LogP contribution in [-0.2, 0) is 16.1 Å². The van der Waals surface area contributed by atoms with Crippen molar-refractivity contribution in [3.8, 4) is 0 Å². The molecule has 3 aromatic rings. The number of carbonyl (C=O) groups excluding carboxylic acids is 2. The molecule has 0 saturated heterocycles. The van der Waals surface area contributed by atoms with Crippen LogP contribution in [0.4, 0.5) is 0 Å². The van der Waals surface area contributed by atoms with E-state index < -0.39 is 11.9 Å². The summed E-state index contributed by atoms with van der Waals surface area (Å²) in [5.41, 5.74) is 0.238. The number of esters is 2. The molecule has 0 N–H and O–H groups in total. The third kappa shape index (κ3) is 2.76. The summed E-state index contributed by atoms with van der Waals surface area (Å²) in [6.07, 6.45) is 1.33. The molecule has 3 rings (SSSR count). The number of hydrogen-bond donors (Lipinski definition) is 0. The van der Waals surface area contributed by atoms with Crippen LogP contribution in [0, 0.1) is 5.21 Å². The van der Waals surface area contributed by atoms with Gasteiger partial charge in [0.1, 0.15) is 12.1 Å². The number of hydrogen-bond acceptors (Lipinski definition) is 7. The zero-order valence-electron chi connectivity index (χ0n) is 12.6. The van der Waals surface area contributed by atoms with E-state index >= 15 is 0 Å². The van der Waals surface area contributed by atoms with Crippen molar-refractivity contribution in [3.63, 3.8) is 0 Å². The molecule has 0 aliphatic heterocycles. The van der Waals surface area contributed by atoms with Crippen LogP contribution < -0.4 is 4.73 Å². The fourth-order valence-electron chi connectivity index (χ4n) is 2.16. The lowest BCUT2D eigenvalue weighted by molar-refractivity contribution is -0.581. The molecule has 0 bridgehead atoms. The molecule has 0 radical (unpaired) electrons. The lowest BCUT2D eigenvalue weighted by atomic mass is 10.2. The number of rotatable bonds is 4. The standard InChI is InChI=1S/C16H12N2O6/c1-22-16(20)14-11(9-24-15(19)13-7-4-8-23-13)17-10-5-2-3-6-12(10)18(14)21/h2-8H,9H2,1H3. The molecule has 2 heterocycles. The Bertz CT molecular complexity index is 904. The molecular weight excluding hydrogens is 316 g/mol. The summed E-state index contributed by atoms with van der Waals surface area (Å²) in [5, 5.41) is 12.4. The number of ether oxygens (including phenoxy) is 2. The van der Waals surface area contributed by atoms with E-state index in [-0.39, 0.29) is 29.3 Å². The summed E-state index contributed by atoms with van der Waals surface area (Å²) in [6.45, 7) is -0.378. The van der Waals surface area contributed by atoms with E-state index in [2.05, 4.69) is 9.72 Å². The fourth-order valence-corrected chi connectivity index (χ4v) is 2.16. The average molecular weight is 328 g/mol. The van der Waals surface area contributed by atoms with Crippen molar-refractivity contribution in [3.05, 3.63) is 65.0 Å². The first-order valence-electron chi connectivity index (χ1n) is 6.92. The molecule has 2 aromatic heterocycles. The van der Waals surface area contributed by atoms with Crippen molar-refractivity contribution >= 4 is 23.0 Å². The zero-order chi connectivity index (χ0) is 17.1. The van der Waals surface area contributed by atoms with Gasteiger partial charge in [-0.2, -0.15) is 4.73 Å². The third-order valence-electron chi connectivity index (χ3n) is 3.27. The van der Waals surface area contributed by atoms with Gasteiger partial charge >= 0.3 is 17.6 Å². The maximum absolute atomic E-state index is 12.4. The first-order valence-corrected chi connectivity index (χ1v) is 6.92. The highest BCUT2D eigenvalue weighted by Gasteiger charge is 2.28. The van der Waals surface area contributed by atoms with Gasteiger partial charge < -0.3 is 19.1 Å². The molecule has 0 atom stereocenters. The van der Waals surface area contributed by atoms with Gasteiger partial charge in [0.2, 0.25) is 11.3 Å². The maximum Gasteiger partial charge on any atom is 0.406 e. The maximum atomic E-state index is 12.4. The monoisotopic (exact) mass is 328 g/mol. The molecule has 8 heteroatoms. The van der Waals surface area contributed by atoms with Crippen LogP contribution >= 0.6 is 0 Å².